The van der Waals surface area contributed by atoms with Gasteiger partial charge in [-0.25, -0.2) is 13.9 Å². The number of halogens is 2. The molecule has 0 aliphatic rings. The van der Waals surface area contributed by atoms with E-state index in [1.165, 1.54) is 6.07 Å². The molecular formula is C15H12BrFN4O. The summed E-state index contributed by atoms with van der Waals surface area (Å²) < 4.78 is 16.0. The van der Waals surface area contributed by atoms with Crippen LogP contribution in [-0.4, -0.2) is 20.5 Å². The lowest BCUT2D eigenvalue weighted by Gasteiger charge is -2.06. The SMILES string of the molecule is Cc1nn2cccnc2c1C(=O)NCc1cc(Br)ccc1F. The molecule has 0 aliphatic heterocycles. The molecule has 0 saturated carbocycles. The molecule has 0 unspecified atom stereocenters. The molecule has 1 amide bonds. The largest absolute Gasteiger partial charge is 0.348 e. The fourth-order valence-electron chi connectivity index (χ4n) is 2.21. The van der Waals surface area contributed by atoms with Crippen LogP contribution in [0.5, 0.6) is 0 Å². The van der Waals surface area contributed by atoms with Crippen LogP contribution in [0.25, 0.3) is 5.65 Å². The summed E-state index contributed by atoms with van der Waals surface area (Å²) in [6, 6.07) is 6.34. The van der Waals surface area contributed by atoms with Gasteiger partial charge in [0.2, 0.25) is 0 Å². The van der Waals surface area contributed by atoms with E-state index in [0.717, 1.165) is 4.47 Å². The van der Waals surface area contributed by atoms with Gasteiger partial charge >= 0.3 is 0 Å². The van der Waals surface area contributed by atoms with Gasteiger partial charge in [0.15, 0.2) is 5.65 Å². The molecule has 0 saturated heterocycles. The first-order valence-electron chi connectivity index (χ1n) is 6.58. The van der Waals surface area contributed by atoms with Gasteiger partial charge in [0.25, 0.3) is 5.91 Å². The van der Waals surface area contributed by atoms with Gasteiger partial charge in [-0.15, -0.1) is 0 Å². The van der Waals surface area contributed by atoms with E-state index in [1.54, 1.807) is 42.0 Å². The predicted molar refractivity (Wildman–Crippen MR) is 83.0 cm³/mol. The van der Waals surface area contributed by atoms with Crippen molar-refractivity contribution in [3.8, 4) is 0 Å². The average molecular weight is 363 g/mol. The minimum absolute atomic E-state index is 0.0910. The molecule has 0 spiro atoms. The molecule has 3 aromatic rings. The highest BCUT2D eigenvalue weighted by molar-refractivity contribution is 9.10. The van der Waals surface area contributed by atoms with E-state index in [0.29, 0.717) is 22.5 Å². The zero-order valence-electron chi connectivity index (χ0n) is 11.7. The molecule has 2 aromatic heterocycles. The van der Waals surface area contributed by atoms with Crippen molar-refractivity contribution in [3.05, 3.63) is 63.8 Å². The first-order valence-corrected chi connectivity index (χ1v) is 7.37. The number of fused-ring (bicyclic) bond motifs is 1. The number of hydrogen-bond donors (Lipinski definition) is 1. The maximum Gasteiger partial charge on any atom is 0.257 e. The second-order valence-electron chi connectivity index (χ2n) is 4.77. The topological polar surface area (TPSA) is 59.3 Å². The quantitative estimate of drug-likeness (QED) is 0.779. The van der Waals surface area contributed by atoms with Crippen molar-refractivity contribution in [1.29, 1.82) is 0 Å². The van der Waals surface area contributed by atoms with E-state index in [1.807, 2.05) is 0 Å². The number of nitrogens with one attached hydrogen (secondary N) is 1. The second-order valence-corrected chi connectivity index (χ2v) is 5.68. The van der Waals surface area contributed by atoms with Crippen LogP contribution in [-0.2, 0) is 6.54 Å². The zero-order chi connectivity index (χ0) is 15.7. The van der Waals surface area contributed by atoms with Crippen LogP contribution in [0.3, 0.4) is 0 Å². The van der Waals surface area contributed by atoms with Gasteiger partial charge < -0.3 is 5.32 Å². The van der Waals surface area contributed by atoms with Crippen molar-refractivity contribution < 1.29 is 9.18 Å². The lowest BCUT2D eigenvalue weighted by Crippen LogP contribution is -2.24. The predicted octanol–water partition coefficient (Wildman–Crippen LogP) is 2.87. The average Bonchev–Trinajstić information content (AvgIpc) is 2.83. The number of nitrogens with zero attached hydrogens (tertiary/aromatic N) is 3. The Morgan fingerprint density at radius 2 is 2.27 bits per heavy atom. The number of rotatable bonds is 3. The lowest BCUT2D eigenvalue weighted by molar-refractivity contribution is 0.0951. The van der Waals surface area contributed by atoms with Crippen molar-refractivity contribution in [2.24, 2.45) is 0 Å². The molecule has 0 aliphatic carbocycles. The molecule has 3 rings (SSSR count). The van der Waals surface area contributed by atoms with Crippen LogP contribution < -0.4 is 5.32 Å². The Kier molecular flexibility index (Phi) is 3.89. The van der Waals surface area contributed by atoms with Crippen LogP contribution in [0, 0.1) is 12.7 Å². The highest BCUT2D eigenvalue weighted by Gasteiger charge is 2.18. The molecule has 7 heteroatoms. The zero-order valence-corrected chi connectivity index (χ0v) is 13.3. The number of amides is 1. The third-order valence-electron chi connectivity index (χ3n) is 3.24. The van der Waals surface area contributed by atoms with E-state index < -0.39 is 0 Å². The van der Waals surface area contributed by atoms with E-state index in [2.05, 4.69) is 31.3 Å². The van der Waals surface area contributed by atoms with E-state index in [9.17, 15) is 9.18 Å². The molecule has 1 N–H and O–H groups in total. The van der Waals surface area contributed by atoms with Crippen LogP contribution in [0.15, 0.2) is 41.1 Å². The summed E-state index contributed by atoms with van der Waals surface area (Å²) in [4.78, 5) is 16.5. The Balaban J connectivity index is 1.85. The lowest BCUT2D eigenvalue weighted by atomic mass is 10.2. The van der Waals surface area contributed by atoms with Crippen LogP contribution in [0.1, 0.15) is 21.6 Å². The van der Waals surface area contributed by atoms with E-state index in [-0.39, 0.29) is 18.3 Å². The molecule has 0 fully saturated rings. The van der Waals surface area contributed by atoms with Crippen LogP contribution in [0.2, 0.25) is 0 Å². The van der Waals surface area contributed by atoms with Gasteiger partial charge in [-0.2, -0.15) is 5.10 Å². The maximum atomic E-state index is 13.7. The van der Waals surface area contributed by atoms with Gasteiger partial charge in [-0.3, -0.25) is 4.79 Å². The van der Waals surface area contributed by atoms with Gasteiger partial charge in [0, 0.05) is 29.0 Å². The van der Waals surface area contributed by atoms with Gasteiger partial charge in [-0.1, -0.05) is 15.9 Å². The Bertz CT molecular complexity index is 862. The molecule has 22 heavy (non-hydrogen) atoms. The van der Waals surface area contributed by atoms with Gasteiger partial charge in [-0.05, 0) is 31.2 Å². The van der Waals surface area contributed by atoms with E-state index >= 15 is 0 Å². The molecule has 0 atom stereocenters. The first-order chi connectivity index (χ1) is 10.6. The summed E-state index contributed by atoms with van der Waals surface area (Å²) in [5.74, 6) is -0.691. The number of hydrogen-bond acceptors (Lipinski definition) is 3. The van der Waals surface area contributed by atoms with Crippen LogP contribution >= 0.6 is 15.9 Å². The monoisotopic (exact) mass is 362 g/mol. The molecule has 2 heterocycles. The smallest absolute Gasteiger partial charge is 0.257 e. The fourth-order valence-corrected chi connectivity index (χ4v) is 2.61. The van der Waals surface area contributed by atoms with Crippen molar-refractivity contribution in [1.82, 2.24) is 19.9 Å². The molecule has 112 valence electrons. The first kappa shape index (κ1) is 14.6. The second kappa shape index (κ2) is 5.84. The van der Waals surface area contributed by atoms with Crippen molar-refractivity contribution in [2.75, 3.05) is 0 Å². The Labute approximate surface area is 134 Å². The Morgan fingerprint density at radius 3 is 3.09 bits per heavy atom. The van der Waals surface area contributed by atoms with Gasteiger partial charge in [0.05, 0.1) is 5.69 Å². The normalized spacial score (nSPS) is 10.9. The molecule has 0 radical (unpaired) electrons. The van der Waals surface area contributed by atoms with Crippen LogP contribution in [0.4, 0.5) is 4.39 Å². The third-order valence-corrected chi connectivity index (χ3v) is 3.74. The summed E-state index contributed by atoms with van der Waals surface area (Å²) in [6.07, 6.45) is 3.32. The minimum atomic E-state index is -0.363. The number of benzene rings is 1. The number of carbonyl (C=O) groups is 1. The Hall–Kier alpha value is -2.28. The summed E-state index contributed by atoms with van der Waals surface area (Å²) >= 11 is 3.28. The summed E-state index contributed by atoms with van der Waals surface area (Å²) in [5.41, 5.74) is 1.86. The molecule has 0 bridgehead atoms. The third kappa shape index (κ3) is 2.71. The fraction of sp³-hybridized carbons (Fsp3) is 0.133. The van der Waals surface area contributed by atoms with Crippen molar-refractivity contribution in [3.63, 3.8) is 0 Å². The van der Waals surface area contributed by atoms with Crippen molar-refractivity contribution >= 4 is 27.5 Å². The maximum absolute atomic E-state index is 13.7. The van der Waals surface area contributed by atoms with Crippen molar-refractivity contribution in [2.45, 2.75) is 13.5 Å². The highest BCUT2D eigenvalue weighted by Crippen LogP contribution is 2.16. The minimum Gasteiger partial charge on any atom is -0.348 e. The van der Waals surface area contributed by atoms with Gasteiger partial charge in [0.1, 0.15) is 11.4 Å². The standard InChI is InChI=1S/C15H12BrFN4O/c1-9-13(14-18-5-2-6-21(14)20-9)15(22)19-8-10-7-11(16)3-4-12(10)17/h2-7H,8H2,1H3,(H,19,22). The number of carbonyl (C=O) groups excluding carboxylic acids is 1. The number of aryl methyl sites for hydroxylation is 1. The summed E-state index contributed by atoms with van der Waals surface area (Å²) in [7, 11) is 0. The Morgan fingerprint density at radius 1 is 1.45 bits per heavy atom. The molecule has 5 nitrogen and oxygen atoms in total. The summed E-state index contributed by atoms with van der Waals surface area (Å²) in [6.45, 7) is 1.83. The highest BCUT2D eigenvalue weighted by atomic mass is 79.9. The summed E-state index contributed by atoms with van der Waals surface area (Å²) in [5, 5.41) is 6.94. The van der Waals surface area contributed by atoms with E-state index in [4.69, 9.17) is 0 Å². The molecular weight excluding hydrogens is 351 g/mol. The molecule has 1 aromatic carbocycles. The number of aromatic nitrogens is 3.